The van der Waals surface area contributed by atoms with Crippen LogP contribution in [0.3, 0.4) is 0 Å². The Morgan fingerprint density at radius 2 is 1.97 bits per heavy atom. The van der Waals surface area contributed by atoms with Gasteiger partial charge < -0.3 is 16.0 Å². The number of halogens is 1. The molecule has 0 aliphatic carbocycles. The number of H-pyrrole nitrogens is 1. The number of benzene rings is 1. The van der Waals surface area contributed by atoms with E-state index >= 15 is 0 Å². The van der Waals surface area contributed by atoms with Gasteiger partial charge in [0.05, 0.1) is 17.9 Å². The zero-order valence-electron chi connectivity index (χ0n) is 16.5. The molecule has 0 radical (unpaired) electrons. The number of aromatic nitrogens is 5. The molecular formula is C22H18FN7O. The molecule has 0 bridgehead atoms. The van der Waals surface area contributed by atoms with E-state index in [0.717, 1.165) is 11.1 Å². The predicted molar refractivity (Wildman–Crippen MR) is 117 cm³/mol. The van der Waals surface area contributed by atoms with Crippen LogP contribution in [0.4, 0.5) is 16.2 Å². The summed E-state index contributed by atoms with van der Waals surface area (Å²) in [6, 6.07) is 13.8. The number of nitrogens with two attached hydrogens (primary N) is 1. The summed E-state index contributed by atoms with van der Waals surface area (Å²) in [5.74, 6) is 0.0862. The molecule has 31 heavy (non-hydrogen) atoms. The lowest BCUT2D eigenvalue weighted by atomic mass is 9.96. The summed E-state index contributed by atoms with van der Waals surface area (Å²) in [7, 11) is 0. The van der Waals surface area contributed by atoms with Crippen LogP contribution < -0.4 is 16.6 Å². The minimum atomic E-state index is -0.481. The summed E-state index contributed by atoms with van der Waals surface area (Å²) in [6.45, 7) is 1.92. The van der Waals surface area contributed by atoms with Gasteiger partial charge in [-0.1, -0.05) is 30.3 Å². The fourth-order valence-corrected chi connectivity index (χ4v) is 3.73. The van der Waals surface area contributed by atoms with Crippen molar-refractivity contribution in [2.24, 2.45) is 0 Å². The van der Waals surface area contributed by atoms with E-state index in [4.69, 9.17) is 5.73 Å². The molecular weight excluding hydrogens is 397 g/mol. The largest absolute Gasteiger partial charge is 0.368 e. The Kier molecular flexibility index (Phi) is 4.36. The predicted octanol–water partition coefficient (Wildman–Crippen LogP) is 3.53. The highest BCUT2D eigenvalue weighted by atomic mass is 19.1. The van der Waals surface area contributed by atoms with Gasteiger partial charge in [-0.3, -0.25) is 9.20 Å². The van der Waals surface area contributed by atoms with Crippen LogP contribution in [0.15, 0.2) is 65.8 Å². The lowest BCUT2D eigenvalue weighted by molar-refractivity contribution is 0.618. The molecule has 0 saturated heterocycles. The van der Waals surface area contributed by atoms with E-state index in [1.165, 1.54) is 23.0 Å². The van der Waals surface area contributed by atoms with E-state index in [0.29, 0.717) is 28.1 Å². The van der Waals surface area contributed by atoms with Crippen LogP contribution in [0.1, 0.15) is 18.5 Å². The fraction of sp³-hybridized carbons (Fsp3) is 0.0909. The third-order valence-electron chi connectivity index (χ3n) is 5.15. The Hall–Kier alpha value is -4.27. The second kappa shape index (κ2) is 7.21. The molecule has 5 rings (SSSR count). The van der Waals surface area contributed by atoms with Crippen molar-refractivity contribution < 1.29 is 4.39 Å². The summed E-state index contributed by atoms with van der Waals surface area (Å²) < 4.78 is 15.2. The first-order chi connectivity index (χ1) is 15.0. The van der Waals surface area contributed by atoms with Gasteiger partial charge in [-0.2, -0.15) is 9.97 Å². The molecule has 0 fully saturated rings. The van der Waals surface area contributed by atoms with Crippen molar-refractivity contribution in [2.75, 3.05) is 11.1 Å². The normalized spacial score (nSPS) is 12.3. The van der Waals surface area contributed by atoms with E-state index in [1.54, 1.807) is 6.07 Å². The van der Waals surface area contributed by atoms with Crippen molar-refractivity contribution in [3.05, 3.63) is 82.8 Å². The number of anilines is 2. The van der Waals surface area contributed by atoms with Gasteiger partial charge in [0.2, 0.25) is 5.95 Å². The average Bonchev–Trinajstić information content (AvgIpc) is 3.23. The summed E-state index contributed by atoms with van der Waals surface area (Å²) in [6.07, 6.45) is 2.71. The molecule has 0 saturated carbocycles. The molecule has 9 heteroatoms. The first kappa shape index (κ1) is 18.7. The molecule has 0 amide bonds. The van der Waals surface area contributed by atoms with E-state index in [-0.39, 0.29) is 17.5 Å². The molecule has 0 aliphatic heterocycles. The number of nitrogen functional groups attached to an aromatic ring is 1. The maximum atomic E-state index is 13.8. The minimum absolute atomic E-state index is 0.0895. The van der Waals surface area contributed by atoms with Crippen LogP contribution in [0.5, 0.6) is 0 Å². The average molecular weight is 415 g/mol. The topological polar surface area (TPSA) is 114 Å². The Bertz CT molecular complexity index is 1480. The molecule has 1 atom stereocenters. The van der Waals surface area contributed by atoms with Gasteiger partial charge in [-0.05, 0) is 36.2 Å². The highest BCUT2D eigenvalue weighted by Gasteiger charge is 2.20. The van der Waals surface area contributed by atoms with Crippen molar-refractivity contribution >= 4 is 28.4 Å². The highest BCUT2D eigenvalue weighted by Crippen LogP contribution is 2.30. The zero-order chi connectivity index (χ0) is 21.5. The molecule has 5 aromatic rings. The Morgan fingerprint density at radius 1 is 1.16 bits per heavy atom. The number of hydrogen-bond donors (Lipinski definition) is 3. The van der Waals surface area contributed by atoms with Crippen molar-refractivity contribution in [3.63, 3.8) is 0 Å². The van der Waals surface area contributed by atoms with Gasteiger partial charge in [0, 0.05) is 11.7 Å². The van der Waals surface area contributed by atoms with Gasteiger partial charge in [0.1, 0.15) is 11.3 Å². The van der Waals surface area contributed by atoms with Crippen molar-refractivity contribution in [2.45, 2.75) is 13.0 Å². The molecule has 4 aromatic heterocycles. The standard InChI is InChI=1S/C22H18FN7O/c1-12(27-20-18-19(26-11-25-18)28-22(24)29-20)16-9-15-8-7-14(23)10-30(15)21(31)17(16)13-5-3-2-4-6-13/h2-12H,1H3,(H4,24,25,26,27,28,29)/t12-/m0/s1. The summed E-state index contributed by atoms with van der Waals surface area (Å²) in [4.78, 5) is 28.9. The fourth-order valence-electron chi connectivity index (χ4n) is 3.73. The molecule has 0 spiro atoms. The third kappa shape index (κ3) is 3.25. The quantitative estimate of drug-likeness (QED) is 0.414. The van der Waals surface area contributed by atoms with Crippen LogP contribution in [0.2, 0.25) is 0 Å². The second-order valence-electron chi connectivity index (χ2n) is 7.19. The molecule has 4 heterocycles. The van der Waals surface area contributed by atoms with Crippen LogP contribution in [-0.2, 0) is 0 Å². The Balaban J connectivity index is 1.70. The Morgan fingerprint density at radius 3 is 2.77 bits per heavy atom. The van der Waals surface area contributed by atoms with Gasteiger partial charge in [-0.15, -0.1) is 0 Å². The number of imidazole rings is 1. The van der Waals surface area contributed by atoms with Gasteiger partial charge >= 0.3 is 0 Å². The van der Waals surface area contributed by atoms with Gasteiger partial charge in [-0.25, -0.2) is 9.37 Å². The number of rotatable bonds is 4. The maximum absolute atomic E-state index is 13.8. The van der Waals surface area contributed by atoms with Crippen LogP contribution >= 0.6 is 0 Å². The molecule has 1 aromatic carbocycles. The number of nitrogens with zero attached hydrogens (tertiary/aromatic N) is 4. The van der Waals surface area contributed by atoms with Crippen LogP contribution in [-0.4, -0.2) is 24.3 Å². The van der Waals surface area contributed by atoms with E-state index in [9.17, 15) is 9.18 Å². The summed E-state index contributed by atoms with van der Waals surface area (Å²) in [5, 5.41) is 3.32. The highest BCUT2D eigenvalue weighted by molar-refractivity contribution is 5.84. The smallest absolute Gasteiger partial charge is 0.263 e. The first-order valence-corrected chi connectivity index (χ1v) is 9.64. The van der Waals surface area contributed by atoms with Crippen molar-refractivity contribution in [3.8, 4) is 11.1 Å². The number of fused-ring (bicyclic) bond motifs is 2. The third-order valence-corrected chi connectivity index (χ3v) is 5.15. The van der Waals surface area contributed by atoms with Gasteiger partial charge in [0.25, 0.3) is 5.56 Å². The number of pyridine rings is 2. The monoisotopic (exact) mass is 415 g/mol. The maximum Gasteiger partial charge on any atom is 0.263 e. The molecule has 4 N–H and O–H groups in total. The number of aromatic amines is 1. The molecule has 8 nitrogen and oxygen atoms in total. The van der Waals surface area contributed by atoms with Crippen molar-refractivity contribution in [1.82, 2.24) is 24.3 Å². The lowest BCUT2D eigenvalue weighted by Crippen LogP contribution is -2.21. The van der Waals surface area contributed by atoms with Crippen molar-refractivity contribution in [1.29, 1.82) is 0 Å². The van der Waals surface area contributed by atoms with Crippen LogP contribution in [0, 0.1) is 5.82 Å². The van der Waals surface area contributed by atoms with E-state index < -0.39 is 5.82 Å². The summed E-state index contributed by atoms with van der Waals surface area (Å²) in [5.41, 5.74) is 9.13. The zero-order valence-corrected chi connectivity index (χ0v) is 16.5. The lowest BCUT2D eigenvalue weighted by Gasteiger charge is -2.20. The van der Waals surface area contributed by atoms with Gasteiger partial charge in [0.15, 0.2) is 11.5 Å². The summed E-state index contributed by atoms with van der Waals surface area (Å²) >= 11 is 0. The van der Waals surface area contributed by atoms with Crippen LogP contribution in [0.25, 0.3) is 27.8 Å². The van der Waals surface area contributed by atoms with E-state index in [2.05, 4.69) is 25.3 Å². The molecule has 154 valence electrons. The molecule has 0 aliphatic rings. The first-order valence-electron chi connectivity index (χ1n) is 9.64. The number of hydrogen-bond acceptors (Lipinski definition) is 6. The SMILES string of the molecule is C[C@H](Nc1nc(N)nc2nc[nH]c12)c1cc2ccc(F)cn2c(=O)c1-c1ccccc1. The second-order valence-corrected chi connectivity index (χ2v) is 7.19. The number of nitrogens with one attached hydrogen (secondary N) is 2. The van der Waals surface area contributed by atoms with E-state index in [1.807, 2.05) is 43.3 Å². The molecule has 0 unspecified atom stereocenters. The minimum Gasteiger partial charge on any atom is -0.368 e. The Labute approximate surface area is 175 Å².